The summed E-state index contributed by atoms with van der Waals surface area (Å²) < 4.78 is 21.4. The number of hydrogen-bond donors (Lipinski definition) is 0. The molecule has 0 aliphatic rings. The molecule has 4 aromatic rings. The van der Waals surface area contributed by atoms with E-state index in [1.807, 2.05) is 6.07 Å². The highest BCUT2D eigenvalue weighted by Crippen LogP contribution is 2.30. The molecule has 7 heteroatoms. The van der Waals surface area contributed by atoms with Gasteiger partial charge in [-0.25, -0.2) is 4.39 Å². The Morgan fingerprint density at radius 2 is 1.73 bits per heavy atom. The van der Waals surface area contributed by atoms with Crippen molar-refractivity contribution in [1.29, 1.82) is 0 Å². The van der Waals surface area contributed by atoms with Gasteiger partial charge in [0.1, 0.15) is 23.9 Å². The second-order valence-electron chi connectivity index (χ2n) is 6.94. The fourth-order valence-corrected chi connectivity index (χ4v) is 3.75. The van der Waals surface area contributed by atoms with E-state index >= 15 is 0 Å². The summed E-state index contributed by atoms with van der Waals surface area (Å²) in [4.78, 5) is 4.57. The smallest absolute Gasteiger partial charge is 0.132 e. The van der Waals surface area contributed by atoms with Crippen molar-refractivity contribution in [3.05, 3.63) is 93.1 Å². The quantitative estimate of drug-likeness (QED) is 0.313. The standard InChI is InChI=1S/C23H19Cl2FN2O.ClH/c1-14-15(2)28(12-16-3-5-17(26)6-4-16)23-19(14)9-10-27-22(23)13-29-18-7-8-20(24)21(25)11-18;/h3-11H,12-13H2,1-2H3;1H. The van der Waals surface area contributed by atoms with E-state index in [0.29, 0.717) is 28.9 Å². The minimum absolute atomic E-state index is 0. The van der Waals surface area contributed by atoms with Crippen LogP contribution in [0.4, 0.5) is 4.39 Å². The molecular weight excluding hydrogens is 446 g/mol. The molecule has 0 radical (unpaired) electrons. The highest BCUT2D eigenvalue weighted by Gasteiger charge is 2.16. The van der Waals surface area contributed by atoms with Crippen molar-refractivity contribution in [2.75, 3.05) is 0 Å². The summed E-state index contributed by atoms with van der Waals surface area (Å²) in [6.45, 7) is 5.11. The van der Waals surface area contributed by atoms with Crippen LogP contribution in [-0.4, -0.2) is 9.55 Å². The number of ether oxygens (including phenoxy) is 1. The Morgan fingerprint density at radius 3 is 2.43 bits per heavy atom. The average Bonchev–Trinajstić information content (AvgIpc) is 2.96. The van der Waals surface area contributed by atoms with E-state index in [1.54, 1.807) is 36.5 Å². The molecule has 156 valence electrons. The van der Waals surface area contributed by atoms with Gasteiger partial charge in [0.2, 0.25) is 0 Å². The number of halogens is 4. The second-order valence-corrected chi connectivity index (χ2v) is 7.76. The summed E-state index contributed by atoms with van der Waals surface area (Å²) in [5.74, 6) is 0.389. The van der Waals surface area contributed by atoms with Crippen LogP contribution in [0, 0.1) is 19.7 Å². The van der Waals surface area contributed by atoms with E-state index in [9.17, 15) is 4.39 Å². The minimum atomic E-state index is -0.239. The van der Waals surface area contributed by atoms with Crippen molar-refractivity contribution in [2.45, 2.75) is 27.0 Å². The number of rotatable bonds is 5. The zero-order valence-electron chi connectivity index (χ0n) is 16.5. The summed E-state index contributed by atoms with van der Waals surface area (Å²) >= 11 is 12.1. The van der Waals surface area contributed by atoms with Gasteiger partial charge in [0.25, 0.3) is 0 Å². The van der Waals surface area contributed by atoms with Crippen LogP contribution in [0.3, 0.4) is 0 Å². The van der Waals surface area contributed by atoms with Crippen LogP contribution < -0.4 is 4.74 Å². The molecule has 2 heterocycles. The Bertz CT molecular complexity index is 1190. The number of fused-ring (bicyclic) bond motifs is 1. The summed E-state index contributed by atoms with van der Waals surface area (Å²) in [5, 5.41) is 2.06. The van der Waals surface area contributed by atoms with Crippen molar-refractivity contribution in [3.8, 4) is 5.75 Å². The van der Waals surface area contributed by atoms with Crippen molar-refractivity contribution >= 4 is 46.5 Å². The summed E-state index contributed by atoms with van der Waals surface area (Å²) in [6.07, 6.45) is 1.80. The first kappa shape index (κ1) is 22.4. The molecule has 4 rings (SSSR count). The van der Waals surface area contributed by atoms with Crippen molar-refractivity contribution in [2.24, 2.45) is 0 Å². The first-order valence-electron chi connectivity index (χ1n) is 9.19. The normalized spacial score (nSPS) is 10.8. The molecule has 0 atom stereocenters. The van der Waals surface area contributed by atoms with Gasteiger partial charge in [0.15, 0.2) is 0 Å². The molecule has 2 aromatic carbocycles. The van der Waals surface area contributed by atoms with Crippen molar-refractivity contribution < 1.29 is 9.13 Å². The molecule has 0 aliphatic carbocycles. The van der Waals surface area contributed by atoms with Gasteiger partial charge < -0.3 is 9.30 Å². The predicted octanol–water partition coefficient (Wildman–Crippen LogP) is 7.15. The van der Waals surface area contributed by atoms with Gasteiger partial charge in [-0.3, -0.25) is 4.98 Å². The lowest BCUT2D eigenvalue weighted by Crippen LogP contribution is -2.06. The number of pyridine rings is 1. The van der Waals surface area contributed by atoms with Gasteiger partial charge >= 0.3 is 0 Å². The van der Waals surface area contributed by atoms with Crippen LogP contribution in [0.25, 0.3) is 10.9 Å². The molecule has 0 bridgehead atoms. The minimum Gasteiger partial charge on any atom is -0.487 e. The monoisotopic (exact) mass is 464 g/mol. The fourth-order valence-electron chi connectivity index (χ4n) is 3.46. The third-order valence-electron chi connectivity index (χ3n) is 5.14. The summed E-state index contributed by atoms with van der Waals surface area (Å²) in [7, 11) is 0. The van der Waals surface area contributed by atoms with Crippen LogP contribution in [0.5, 0.6) is 5.75 Å². The van der Waals surface area contributed by atoms with Gasteiger partial charge in [0.05, 0.1) is 15.6 Å². The third kappa shape index (κ3) is 4.41. The Hall–Kier alpha value is -2.27. The zero-order valence-corrected chi connectivity index (χ0v) is 18.8. The van der Waals surface area contributed by atoms with Crippen LogP contribution in [0.1, 0.15) is 22.5 Å². The third-order valence-corrected chi connectivity index (χ3v) is 5.88. The maximum Gasteiger partial charge on any atom is 0.132 e. The first-order chi connectivity index (χ1) is 13.9. The lowest BCUT2D eigenvalue weighted by Gasteiger charge is -2.12. The lowest BCUT2D eigenvalue weighted by atomic mass is 10.2. The van der Waals surface area contributed by atoms with E-state index in [1.165, 1.54) is 17.7 Å². The van der Waals surface area contributed by atoms with Gasteiger partial charge in [-0.05, 0) is 55.3 Å². The molecule has 0 fully saturated rings. The van der Waals surface area contributed by atoms with Gasteiger partial charge in [-0.15, -0.1) is 12.4 Å². The Kier molecular flexibility index (Phi) is 6.91. The summed E-state index contributed by atoms with van der Waals surface area (Å²) in [6, 6.07) is 13.8. The Balaban J connectivity index is 0.00000256. The molecule has 2 aromatic heterocycles. The fraction of sp³-hybridized carbons (Fsp3) is 0.174. The van der Waals surface area contributed by atoms with E-state index < -0.39 is 0 Å². The molecule has 0 aliphatic heterocycles. The highest BCUT2D eigenvalue weighted by atomic mass is 35.5. The van der Waals surface area contributed by atoms with Crippen LogP contribution in [0.2, 0.25) is 10.0 Å². The molecule has 0 spiro atoms. The maximum absolute atomic E-state index is 13.3. The molecule has 3 nitrogen and oxygen atoms in total. The van der Waals surface area contributed by atoms with Crippen LogP contribution >= 0.6 is 35.6 Å². The Morgan fingerprint density at radius 1 is 1.00 bits per heavy atom. The largest absolute Gasteiger partial charge is 0.487 e. The number of nitrogens with zero attached hydrogens (tertiary/aromatic N) is 2. The van der Waals surface area contributed by atoms with Gasteiger partial charge in [0, 0.05) is 29.9 Å². The highest BCUT2D eigenvalue weighted by molar-refractivity contribution is 6.42. The van der Waals surface area contributed by atoms with Crippen LogP contribution in [-0.2, 0) is 13.2 Å². The number of hydrogen-bond acceptors (Lipinski definition) is 2. The van der Waals surface area contributed by atoms with Crippen LogP contribution in [0.15, 0.2) is 54.7 Å². The molecular formula is C23H20Cl3FN2O. The average molecular weight is 466 g/mol. The number of aromatic nitrogens is 2. The van der Waals surface area contributed by atoms with Gasteiger partial charge in [-0.1, -0.05) is 35.3 Å². The summed E-state index contributed by atoms with van der Waals surface area (Å²) in [5.41, 5.74) is 5.21. The van der Waals surface area contributed by atoms with Crippen molar-refractivity contribution in [3.63, 3.8) is 0 Å². The zero-order chi connectivity index (χ0) is 20.5. The topological polar surface area (TPSA) is 27.1 Å². The molecule has 0 unspecified atom stereocenters. The molecule has 30 heavy (non-hydrogen) atoms. The van der Waals surface area contributed by atoms with E-state index in [4.69, 9.17) is 27.9 Å². The first-order valence-corrected chi connectivity index (χ1v) is 9.95. The van der Waals surface area contributed by atoms with Gasteiger partial charge in [-0.2, -0.15) is 0 Å². The molecule has 0 saturated carbocycles. The lowest BCUT2D eigenvalue weighted by molar-refractivity contribution is 0.302. The molecule has 0 amide bonds. The van der Waals surface area contributed by atoms with Crippen molar-refractivity contribution in [1.82, 2.24) is 9.55 Å². The number of benzene rings is 2. The second kappa shape index (κ2) is 9.25. The Labute approximate surface area is 190 Å². The molecule has 0 saturated heterocycles. The van der Waals surface area contributed by atoms with E-state index in [2.05, 4.69) is 23.4 Å². The maximum atomic E-state index is 13.3. The van der Waals surface area contributed by atoms with E-state index in [0.717, 1.165) is 27.9 Å². The number of aryl methyl sites for hydroxylation is 1. The SMILES string of the molecule is Cc1c(C)n(Cc2ccc(F)cc2)c2c(COc3ccc(Cl)c(Cl)c3)nccc12.Cl. The predicted molar refractivity (Wildman–Crippen MR) is 123 cm³/mol. The molecule has 0 N–H and O–H groups in total. The van der Waals surface area contributed by atoms with E-state index in [-0.39, 0.29) is 18.2 Å².